The van der Waals surface area contributed by atoms with Crippen molar-refractivity contribution in [3.8, 4) is 11.8 Å². The van der Waals surface area contributed by atoms with E-state index >= 15 is 0 Å². The number of ether oxygens (including phenoxy) is 2. The number of piperidine rings is 3. The van der Waals surface area contributed by atoms with Crippen molar-refractivity contribution in [3.63, 3.8) is 0 Å². The molecule has 0 saturated carbocycles. The maximum absolute atomic E-state index is 11.3. The average molecular weight is 448 g/mol. The maximum atomic E-state index is 11.3. The molecule has 6 nitrogen and oxygen atoms in total. The first-order valence-electron chi connectivity index (χ1n) is 11.9. The highest BCUT2D eigenvalue weighted by atomic mass is 16.5. The lowest BCUT2D eigenvalue weighted by Gasteiger charge is -2.47. The molecular formula is C27H33N3O3. The van der Waals surface area contributed by atoms with Crippen LogP contribution in [0.15, 0.2) is 42.5 Å². The number of methoxy groups -OCH3 is 2. The van der Waals surface area contributed by atoms with Crippen molar-refractivity contribution in [1.29, 1.82) is 0 Å². The molecule has 174 valence electrons. The number of benzene rings is 1. The van der Waals surface area contributed by atoms with Gasteiger partial charge in [-0.3, -0.25) is 4.90 Å². The van der Waals surface area contributed by atoms with Crippen LogP contribution in [-0.4, -0.2) is 79.7 Å². The molecule has 2 bridgehead atoms. The number of aliphatic hydroxyl groups is 1. The fourth-order valence-electron chi connectivity index (χ4n) is 5.44. The van der Waals surface area contributed by atoms with Gasteiger partial charge in [-0.25, -0.2) is 4.98 Å². The van der Waals surface area contributed by atoms with Gasteiger partial charge >= 0.3 is 0 Å². The summed E-state index contributed by atoms with van der Waals surface area (Å²) in [5, 5.41) is 11.3. The molecule has 2 aromatic rings. The van der Waals surface area contributed by atoms with E-state index in [0.29, 0.717) is 13.0 Å². The van der Waals surface area contributed by atoms with Crippen LogP contribution in [0.4, 0.5) is 5.82 Å². The van der Waals surface area contributed by atoms with E-state index in [2.05, 4.69) is 39.8 Å². The first-order valence-corrected chi connectivity index (χ1v) is 11.9. The number of rotatable bonds is 5. The summed E-state index contributed by atoms with van der Waals surface area (Å²) in [6, 6.07) is 14.4. The Bertz CT molecular complexity index is 1010. The number of pyridine rings is 1. The van der Waals surface area contributed by atoms with Crippen LogP contribution in [-0.2, 0) is 15.9 Å². The molecule has 6 rings (SSSR count). The topological polar surface area (TPSA) is 58.1 Å². The Morgan fingerprint density at radius 1 is 1.03 bits per heavy atom. The van der Waals surface area contributed by atoms with Gasteiger partial charge in [-0.1, -0.05) is 42.2 Å². The Hall–Kier alpha value is -2.43. The normalized spacial score (nSPS) is 30.8. The van der Waals surface area contributed by atoms with Crippen molar-refractivity contribution in [2.45, 2.75) is 37.1 Å². The zero-order valence-corrected chi connectivity index (χ0v) is 19.5. The van der Waals surface area contributed by atoms with Crippen molar-refractivity contribution in [2.24, 2.45) is 5.92 Å². The van der Waals surface area contributed by atoms with Gasteiger partial charge < -0.3 is 19.5 Å². The van der Waals surface area contributed by atoms with Crippen LogP contribution in [0.2, 0.25) is 0 Å². The lowest BCUT2D eigenvalue weighted by atomic mass is 9.75. The average Bonchev–Trinajstić information content (AvgIpc) is 3.28. The molecule has 4 aliphatic rings. The van der Waals surface area contributed by atoms with Crippen LogP contribution in [0.5, 0.6) is 0 Å². The molecule has 4 aliphatic heterocycles. The third-order valence-corrected chi connectivity index (χ3v) is 7.46. The Balaban J connectivity index is 1.45. The summed E-state index contributed by atoms with van der Waals surface area (Å²) < 4.78 is 11.2. The Morgan fingerprint density at radius 3 is 2.33 bits per heavy atom. The van der Waals surface area contributed by atoms with E-state index in [1.165, 1.54) is 5.56 Å². The summed E-state index contributed by atoms with van der Waals surface area (Å²) in [6.45, 7) is 4.29. The maximum Gasteiger partial charge on any atom is 0.141 e. The summed E-state index contributed by atoms with van der Waals surface area (Å²) in [7, 11) is 3.46. The van der Waals surface area contributed by atoms with Gasteiger partial charge in [-0.05, 0) is 43.6 Å². The minimum Gasteiger partial charge on any atom is -0.377 e. The molecule has 4 fully saturated rings. The predicted octanol–water partition coefficient (Wildman–Crippen LogP) is 2.33. The summed E-state index contributed by atoms with van der Waals surface area (Å²) in [4.78, 5) is 9.59. The zero-order valence-electron chi connectivity index (χ0n) is 19.5. The van der Waals surface area contributed by atoms with Gasteiger partial charge in [-0.2, -0.15) is 0 Å². The van der Waals surface area contributed by atoms with E-state index in [1.807, 2.05) is 24.3 Å². The Labute approximate surface area is 196 Å². The smallest absolute Gasteiger partial charge is 0.141 e. The molecule has 5 heterocycles. The minimum absolute atomic E-state index is 0.0276. The summed E-state index contributed by atoms with van der Waals surface area (Å²) >= 11 is 0. The van der Waals surface area contributed by atoms with E-state index in [4.69, 9.17) is 14.5 Å². The highest BCUT2D eigenvalue weighted by Gasteiger charge is 2.44. The molecule has 3 atom stereocenters. The van der Waals surface area contributed by atoms with Crippen molar-refractivity contribution >= 4 is 5.82 Å². The summed E-state index contributed by atoms with van der Waals surface area (Å²) in [6.07, 6.45) is 2.80. The molecule has 1 N–H and O–H groups in total. The Morgan fingerprint density at radius 2 is 1.73 bits per heavy atom. The zero-order chi connectivity index (χ0) is 22.8. The van der Waals surface area contributed by atoms with Crippen molar-refractivity contribution in [3.05, 3.63) is 59.3 Å². The van der Waals surface area contributed by atoms with Crippen LogP contribution < -0.4 is 4.90 Å². The lowest BCUT2D eigenvalue weighted by molar-refractivity contribution is -0.0713. The molecule has 0 spiro atoms. The van der Waals surface area contributed by atoms with Gasteiger partial charge in [0, 0.05) is 51.8 Å². The van der Waals surface area contributed by atoms with E-state index < -0.39 is 5.60 Å². The summed E-state index contributed by atoms with van der Waals surface area (Å²) in [5.74, 6) is 7.77. The number of hydrogen-bond acceptors (Lipinski definition) is 6. The number of fused-ring (bicyclic) bond motifs is 3. The molecule has 0 radical (unpaired) electrons. The fourth-order valence-corrected chi connectivity index (χ4v) is 5.44. The third-order valence-electron chi connectivity index (χ3n) is 7.46. The number of aromatic nitrogens is 1. The molecule has 4 saturated heterocycles. The van der Waals surface area contributed by atoms with Gasteiger partial charge in [0.1, 0.15) is 23.6 Å². The van der Waals surface area contributed by atoms with Gasteiger partial charge in [0.2, 0.25) is 0 Å². The van der Waals surface area contributed by atoms with Crippen LogP contribution in [0, 0.1) is 17.8 Å². The molecule has 1 aromatic heterocycles. The van der Waals surface area contributed by atoms with Crippen molar-refractivity contribution in [1.82, 2.24) is 9.88 Å². The third kappa shape index (κ3) is 4.64. The monoisotopic (exact) mass is 447 g/mol. The van der Waals surface area contributed by atoms with Gasteiger partial charge in [0.25, 0.3) is 0 Å². The van der Waals surface area contributed by atoms with E-state index in [-0.39, 0.29) is 18.1 Å². The number of hydrogen-bond donors (Lipinski definition) is 1. The van der Waals surface area contributed by atoms with Crippen molar-refractivity contribution < 1.29 is 14.6 Å². The predicted molar refractivity (Wildman–Crippen MR) is 128 cm³/mol. The van der Waals surface area contributed by atoms with Gasteiger partial charge in [-0.15, -0.1) is 0 Å². The SMILES string of the molecule is CO[C@H]1CN(c2ccc(C#C[C@@]3(O)CN4CCC3CC4)c(Cc3ccccc3)n2)C[C@H]1OC. The first kappa shape index (κ1) is 22.4. The molecule has 33 heavy (non-hydrogen) atoms. The molecule has 1 aromatic carbocycles. The lowest BCUT2D eigenvalue weighted by Crippen LogP contribution is -2.58. The van der Waals surface area contributed by atoms with Crippen LogP contribution >= 0.6 is 0 Å². The summed E-state index contributed by atoms with van der Waals surface area (Å²) in [5.41, 5.74) is 2.09. The second-order valence-corrected chi connectivity index (χ2v) is 9.50. The molecule has 0 amide bonds. The van der Waals surface area contributed by atoms with Gasteiger partial charge in [0.05, 0.1) is 5.69 Å². The van der Waals surface area contributed by atoms with Crippen molar-refractivity contribution in [2.75, 3.05) is 51.8 Å². The first-order chi connectivity index (χ1) is 16.1. The van der Waals surface area contributed by atoms with Gasteiger partial charge in [0.15, 0.2) is 0 Å². The standard InChI is InChI=1S/C27H33N3O3/c1-32-24-17-30(18-25(24)33-2)26-9-8-21(23(28-26)16-20-6-4-3-5-7-20)10-13-27(31)19-29-14-11-22(27)12-15-29/h3-9,22,24-25,31H,11-12,14-19H2,1-2H3/t24-,25+,27-/m1/s1. The minimum atomic E-state index is -0.925. The highest BCUT2D eigenvalue weighted by molar-refractivity contribution is 5.50. The molecule has 0 unspecified atom stereocenters. The second kappa shape index (κ2) is 9.44. The molecular weight excluding hydrogens is 414 g/mol. The number of nitrogens with zero attached hydrogens (tertiary/aromatic N) is 3. The fraction of sp³-hybridized carbons (Fsp3) is 0.519. The van der Waals surface area contributed by atoms with Crippen LogP contribution in [0.25, 0.3) is 0 Å². The second-order valence-electron chi connectivity index (χ2n) is 9.50. The van der Waals surface area contributed by atoms with Crippen LogP contribution in [0.1, 0.15) is 29.7 Å². The van der Waals surface area contributed by atoms with E-state index in [9.17, 15) is 5.11 Å². The molecule has 0 aliphatic carbocycles. The number of anilines is 1. The van der Waals surface area contributed by atoms with Crippen LogP contribution in [0.3, 0.4) is 0 Å². The largest absolute Gasteiger partial charge is 0.377 e. The quantitative estimate of drug-likeness (QED) is 0.710. The Kier molecular flexibility index (Phi) is 6.40. The molecule has 6 heteroatoms. The van der Waals surface area contributed by atoms with E-state index in [1.54, 1.807) is 14.2 Å². The highest BCUT2D eigenvalue weighted by Crippen LogP contribution is 2.35. The van der Waals surface area contributed by atoms with E-state index in [0.717, 1.165) is 56.1 Å².